The van der Waals surface area contributed by atoms with Crippen molar-refractivity contribution >= 4 is 39.7 Å². The fraction of sp³-hybridized carbons (Fsp3) is 0.467. The third-order valence-corrected chi connectivity index (χ3v) is 6.09. The molecule has 2 amide bonds. The minimum absolute atomic E-state index is 0. The number of piperidine rings is 1. The number of rotatable bonds is 5. The molecule has 0 atom stereocenters. The fourth-order valence-electron chi connectivity index (χ4n) is 2.66. The summed E-state index contributed by atoms with van der Waals surface area (Å²) in [4.78, 5) is 24.3. The van der Waals surface area contributed by atoms with Crippen molar-refractivity contribution in [3.8, 4) is 0 Å². The van der Waals surface area contributed by atoms with E-state index >= 15 is 0 Å². The lowest BCUT2D eigenvalue weighted by atomic mass is 9.96. The highest BCUT2D eigenvalue weighted by atomic mass is 35.5. The lowest BCUT2D eigenvalue weighted by Gasteiger charge is -2.34. The Morgan fingerprint density at radius 3 is 2.28 bits per heavy atom. The third kappa shape index (κ3) is 5.13. The van der Waals surface area contributed by atoms with Crippen LogP contribution < -0.4 is 16.0 Å². The van der Waals surface area contributed by atoms with Crippen LogP contribution in [0.25, 0.3) is 0 Å². The van der Waals surface area contributed by atoms with Crippen molar-refractivity contribution in [2.75, 3.05) is 31.2 Å². The second-order valence-electron chi connectivity index (χ2n) is 5.75. The van der Waals surface area contributed by atoms with Gasteiger partial charge in [-0.25, -0.2) is 12.8 Å². The molecule has 1 saturated heterocycles. The highest BCUT2D eigenvalue weighted by Crippen LogP contribution is 2.27. The molecule has 0 spiro atoms. The summed E-state index contributed by atoms with van der Waals surface area (Å²) in [6, 6.07) is 5.17. The molecule has 0 radical (unpaired) electrons. The quantitative estimate of drug-likeness (QED) is 0.674. The van der Waals surface area contributed by atoms with E-state index in [0.29, 0.717) is 18.8 Å². The topological polar surface area (TPSA) is 104 Å². The molecule has 1 aromatic rings. The van der Waals surface area contributed by atoms with Crippen LogP contribution in [0, 0.1) is 5.82 Å². The molecule has 0 saturated carbocycles. The van der Waals surface area contributed by atoms with Crippen molar-refractivity contribution in [1.29, 1.82) is 0 Å². The maximum Gasteiger partial charge on any atom is 0.243 e. The molecule has 3 N–H and O–H groups in total. The predicted molar refractivity (Wildman–Crippen MR) is 95.0 cm³/mol. The minimum atomic E-state index is -3.62. The van der Waals surface area contributed by atoms with E-state index in [1.807, 2.05) is 0 Å². The maximum absolute atomic E-state index is 12.8. The van der Waals surface area contributed by atoms with Gasteiger partial charge in [0.1, 0.15) is 5.82 Å². The van der Waals surface area contributed by atoms with Gasteiger partial charge in [-0.05, 0) is 50.2 Å². The van der Waals surface area contributed by atoms with Crippen molar-refractivity contribution < 1.29 is 22.4 Å². The normalized spacial score (nSPS) is 16.4. The van der Waals surface area contributed by atoms with Gasteiger partial charge in [0.2, 0.25) is 11.8 Å². The molecule has 1 aliphatic rings. The average molecular weight is 394 g/mol. The zero-order valence-corrected chi connectivity index (χ0v) is 15.3. The van der Waals surface area contributed by atoms with E-state index in [0.717, 1.165) is 6.26 Å². The molecular weight excluding hydrogens is 373 g/mol. The van der Waals surface area contributed by atoms with E-state index in [1.54, 1.807) is 0 Å². The molecule has 1 fully saturated rings. The Balaban J connectivity index is 0.00000312. The van der Waals surface area contributed by atoms with Gasteiger partial charge in [-0.2, -0.15) is 0 Å². The van der Waals surface area contributed by atoms with E-state index in [9.17, 15) is 22.4 Å². The van der Waals surface area contributed by atoms with Gasteiger partial charge in [-0.15, -0.1) is 12.4 Å². The Kier molecular flexibility index (Phi) is 7.33. The van der Waals surface area contributed by atoms with Crippen LogP contribution in [-0.2, 0) is 19.4 Å². The molecule has 1 aliphatic heterocycles. The SMILES string of the molecule is CS(=O)(=O)C1(C(=O)NCC(=O)Nc2ccc(F)cc2)CCNCC1.Cl. The van der Waals surface area contributed by atoms with Crippen LogP contribution in [0.1, 0.15) is 12.8 Å². The molecular formula is C15H21ClFN3O4S. The predicted octanol–water partition coefficient (Wildman–Crippen LogP) is 0.469. The first-order valence-corrected chi connectivity index (χ1v) is 9.38. The Labute approximate surface area is 152 Å². The lowest BCUT2D eigenvalue weighted by molar-refractivity contribution is -0.126. The molecule has 25 heavy (non-hydrogen) atoms. The third-order valence-electron chi connectivity index (χ3n) is 4.07. The van der Waals surface area contributed by atoms with Crippen molar-refractivity contribution in [2.24, 2.45) is 0 Å². The number of carbonyl (C=O) groups excluding carboxylic acids is 2. The zero-order chi connectivity index (χ0) is 17.8. The molecule has 0 aromatic heterocycles. The van der Waals surface area contributed by atoms with Gasteiger partial charge in [0.15, 0.2) is 14.6 Å². The van der Waals surface area contributed by atoms with Crippen LogP contribution in [-0.4, -0.2) is 50.9 Å². The van der Waals surface area contributed by atoms with Gasteiger partial charge < -0.3 is 16.0 Å². The number of nitrogens with one attached hydrogen (secondary N) is 3. The second-order valence-corrected chi connectivity index (χ2v) is 8.08. The van der Waals surface area contributed by atoms with Crippen LogP contribution in [0.5, 0.6) is 0 Å². The van der Waals surface area contributed by atoms with Crippen LogP contribution in [0.4, 0.5) is 10.1 Å². The van der Waals surface area contributed by atoms with Crippen LogP contribution >= 0.6 is 12.4 Å². The smallest absolute Gasteiger partial charge is 0.243 e. The van der Waals surface area contributed by atoms with Crippen LogP contribution in [0.15, 0.2) is 24.3 Å². The number of anilines is 1. The van der Waals surface area contributed by atoms with Crippen molar-refractivity contribution in [1.82, 2.24) is 10.6 Å². The number of hydrogen-bond acceptors (Lipinski definition) is 5. The van der Waals surface area contributed by atoms with E-state index < -0.39 is 32.2 Å². The summed E-state index contributed by atoms with van der Waals surface area (Å²) >= 11 is 0. The van der Waals surface area contributed by atoms with Gasteiger partial charge >= 0.3 is 0 Å². The molecule has 0 aliphatic carbocycles. The van der Waals surface area contributed by atoms with Gasteiger partial charge in [-0.3, -0.25) is 9.59 Å². The summed E-state index contributed by atoms with van der Waals surface area (Å²) in [6.45, 7) is 0.478. The number of benzene rings is 1. The summed E-state index contributed by atoms with van der Waals surface area (Å²) in [5, 5.41) is 7.91. The summed E-state index contributed by atoms with van der Waals surface area (Å²) < 4.78 is 35.5. The Morgan fingerprint density at radius 2 is 1.76 bits per heavy atom. The molecule has 2 rings (SSSR count). The van der Waals surface area contributed by atoms with E-state index in [4.69, 9.17) is 0 Å². The van der Waals surface area contributed by atoms with Gasteiger partial charge in [0, 0.05) is 11.9 Å². The maximum atomic E-state index is 12.8. The van der Waals surface area contributed by atoms with Crippen molar-refractivity contribution in [3.63, 3.8) is 0 Å². The molecule has 140 valence electrons. The van der Waals surface area contributed by atoms with Crippen LogP contribution in [0.2, 0.25) is 0 Å². The number of hydrogen-bond donors (Lipinski definition) is 3. The monoisotopic (exact) mass is 393 g/mol. The Bertz CT molecular complexity index is 719. The molecule has 1 heterocycles. The van der Waals surface area contributed by atoms with E-state index in [1.165, 1.54) is 24.3 Å². The van der Waals surface area contributed by atoms with Crippen molar-refractivity contribution in [2.45, 2.75) is 17.6 Å². The standard InChI is InChI=1S/C15H20FN3O4S.ClH/c1-24(22,23)15(6-8-17-9-7-15)14(21)18-10-13(20)19-12-4-2-11(16)3-5-12;/h2-5,17H,6-10H2,1H3,(H,18,21)(H,19,20);1H. The molecule has 10 heteroatoms. The minimum Gasteiger partial charge on any atom is -0.346 e. The molecule has 1 aromatic carbocycles. The number of halogens is 2. The molecule has 0 unspecified atom stereocenters. The first kappa shape index (κ1) is 21.3. The van der Waals surface area contributed by atoms with Gasteiger partial charge in [-0.1, -0.05) is 0 Å². The number of carbonyl (C=O) groups is 2. The number of amides is 2. The summed E-state index contributed by atoms with van der Waals surface area (Å²) in [6.07, 6.45) is 1.37. The first-order valence-electron chi connectivity index (χ1n) is 7.49. The fourth-order valence-corrected chi connectivity index (χ4v) is 4.01. The summed E-state index contributed by atoms with van der Waals surface area (Å²) in [5.74, 6) is -1.62. The first-order chi connectivity index (χ1) is 11.2. The van der Waals surface area contributed by atoms with Gasteiger partial charge in [0.05, 0.1) is 6.54 Å². The van der Waals surface area contributed by atoms with E-state index in [2.05, 4.69) is 16.0 Å². The zero-order valence-electron chi connectivity index (χ0n) is 13.7. The average Bonchev–Trinajstić information content (AvgIpc) is 2.54. The molecule has 7 nitrogen and oxygen atoms in total. The lowest BCUT2D eigenvalue weighted by Crippen LogP contribution is -2.58. The van der Waals surface area contributed by atoms with E-state index in [-0.39, 0.29) is 31.8 Å². The Morgan fingerprint density at radius 1 is 1.20 bits per heavy atom. The number of sulfone groups is 1. The van der Waals surface area contributed by atoms with Gasteiger partial charge in [0.25, 0.3) is 0 Å². The van der Waals surface area contributed by atoms with Crippen molar-refractivity contribution in [3.05, 3.63) is 30.1 Å². The highest BCUT2D eigenvalue weighted by Gasteiger charge is 2.48. The summed E-state index contributed by atoms with van der Waals surface area (Å²) in [7, 11) is -3.62. The summed E-state index contributed by atoms with van der Waals surface area (Å²) in [5.41, 5.74) is 0.385. The second kappa shape index (κ2) is 8.59. The largest absolute Gasteiger partial charge is 0.346 e. The Hall–Kier alpha value is -1.71. The molecule has 0 bridgehead atoms. The van der Waals surface area contributed by atoms with Crippen LogP contribution in [0.3, 0.4) is 0 Å². The highest BCUT2D eigenvalue weighted by molar-refractivity contribution is 7.92.